The molecule has 0 fully saturated rings. The molecule has 0 amide bonds. The Hall–Kier alpha value is -1.53. The first kappa shape index (κ1) is 21.5. The van der Waals surface area contributed by atoms with Crippen LogP contribution in [0.5, 0.6) is 0 Å². The minimum atomic E-state index is -6.87. The Morgan fingerprint density at radius 2 is 1.43 bits per heavy atom. The number of hydrogen-bond donors (Lipinski definition) is 1. The summed E-state index contributed by atoms with van der Waals surface area (Å²) < 4.78 is 129. The Bertz CT molecular complexity index is 466. The molecule has 0 rings (SSSR count). The van der Waals surface area contributed by atoms with Gasteiger partial charge in [-0.15, -0.1) is 0 Å². The van der Waals surface area contributed by atoms with Gasteiger partial charge in [-0.1, -0.05) is 6.58 Å². The van der Waals surface area contributed by atoms with E-state index in [9.17, 15) is 48.7 Å². The van der Waals surface area contributed by atoms with E-state index in [4.69, 9.17) is 5.11 Å². The molecule has 2 atom stereocenters. The van der Waals surface area contributed by atoms with E-state index in [2.05, 4.69) is 11.3 Å². The van der Waals surface area contributed by atoms with Crippen molar-refractivity contribution in [2.45, 2.75) is 43.3 Å². The summed E-state index contributed by atoms with van der Waals surface area (Å²) in [4.78, 5) is 10.9. The fourth-order valence-electron chi connectivity index (χ4n) is 1.21. The molecule has 136 valence electrons. The molecule has 0 saturated carbocycles. The number of carbonyl (C=O) groups is 1. The van der Waals surface area contributed by atoms with Crippen molar-refractivity contribution in [3.05, 3.63) is 12.2 Å². The molecular formula is C10H8F10O3. The van der Waals surface area contributed by atoms with Crippen LogP contribution in [0.1, 0.15) is 6.92 Å². The van der Waals surface area contributed by atoms with E-state index in [1.807, 2.05) is 0 Å². The number of aliphatic hydroxyl groups is 1. The average molecular weight is 366 g/mol. The third kappa shape index (κ3) is 3.87. The van der Waals surface area contributed by atoms with Crippen LogP contribution in [0, 0.1) is 0 Å². The Balaban J connectivity index is 6.21. The van der Waals surface area contributed by atoms with E-state index in [0.29, 0.717) is 6.92 Å². The van der Waals surface area contributed by atoms with E-state index >= 15 is 0 Å². The van der Waals surface area contributed by atoms with Crippen LogP contribution >= 0.6 is 0 Å². The Morgan fingerprint density at radius 3 is 1.65 bits per heavy atom. The third-order valence-electron chi connectivity index (χ3n) is 2.46. The highest BCUT2D eigenvalue weighted by molar-refractivity contribution is 5.87. The van der Waals surface area contributed by atoms with Crippen molar-refractivity contribution in [2.75, 3.05) is 0 Å². The lowest BCUT2D eigenvalue weighted by molar-refractivity contribution is -0.401. The maximum atomic E-state index is 13.5. The molecule has 0 saturated heterocycles. The molecule has 0 aromatic heterocycles. The summed E-state index contributed by atoms with van der Waals surface area (Å²) in [6, 6.07) is 0. The van der Waals surface area contributed by atoms with Crippen LogP contribution in [0.15, 0.2) is 12.2 Å². The van der Waals surface area contributed by atoms with Crippen LogP contribution in [-0.4, -0.2) is 47.5 Å². The second kappa shape index (κ2) is 6.17. The van der Waals surface area contributed by atoms with Gasteiger partial charge in [-0.05, 0) is 6.92 Å². The number of halogens is 10. The average Bonchev–Trinajstić information content (AvgIpc) is 2.30. The van der Waals surface area contributed by atoms with Gasteiger partial charge in [-0.25, -0.2) is 13.6 Å². The lowest BCUT2D eigenvalue weighted by Gasteiger charge is -2.40. The minimum Gasteiger partial charge on any atom is -0.443 e. The molecule has 0 aliphatic heterocycles. The van der Waals surface area contributed by atoms with E-state index in [1.54, 1.807) is 0 Å². The van der Waals surface area contributed by atoms with Gasteiger partial charge in [-0.3, -0.25) is 0 Å². The van der Waals surface area contributed by atoms with Crippen LogP contribution < -0.4 is 0 Å². The molecule has 0 heterocycles. The van der Waals surface area contributed by atoms with Crippen molar-refractivity contribution in [3.8, 4) is 0 Å². The van der Waals surface area contributed by atoms with Gasteiger partial charge >= 0.3 is 24.2 Å². The molecule has 2 unspecified atom stereocenters. The number of ether oxygens (including phenoxy) is 1. The van der Waals surface area contributed by atoms with Crippen molar-refractivity contribution in [2.24, 2.45) is 0 Å². The molecule has 23 heavy (non-hydrogen) atoms. The van der Waals surface area contributed by atoms with Crippen molar-refractivity contribution in [1.82, 2.24) is 0 Å². The Kier molecular flexibility index (Phi) is 5.76. The number of rotatable bonds is 5. The highest BCUT2D eigenvalue weighted by atomic mass is 19.4. The van der Waals surface area contributed by atoms with Gasteiger partial charge in [0.05, 0.1) is 0 Å². The van der Waals surface area contributed by atoms with Crippen molar-refractivity contribution in [3.63, 3.8) is 0 Å². The molecule has 0 aliphatic carbocycles. The fourth-order valence-corrected chi connectivity index (χ4v) is 1.21. The zero-order chi connectivity index (χ0) is 19.0. The van der Waals surface area contributed by atoms with Crippen LogP contribution in [-0.2, 0) is 9.53 Å². The number of hydrogen-bond acceptors (Lipinski definition) is 3. The highest BCUT2D eigenvalue weighted by Gasteiger charge is 2.81. The Labute approximate surface area is 121 Å². The summed E-state index contributed by atoms with van der Waals surface area (Å²) in [5.74, 6) is -8.87. The fraction of sp³-hybridized carbons (Fsp3) is 0.700. The molecule has 0 aliphatic rings. The standard InChI is InChI=1S/C10H8F10O3/c1-3(2)4(21)23-5(9(15,16)17)8(13,14)7(22,6(11)12)10(18,19)20/h5-6,22H,1H2,2H3. The summed E-state index contributed by atoms with van der Waals surface area (Å²) in [7, 11) is 0. The maximum absolute atomic E-state index is 13.5. The van der Waals surface area contributed by atoms with Crippen molar-refractivity contribution < 1.29 is 58.5 Å². The lowest BCUT2D eigenvalue weighted by Crippen LogP contribution is -2.70. The highest BCUT2D eigenvalue weighted by Crippen LogP contribution is 2.51. The number of esters is 1. The molecule has 0 aromatic carbocycles. The summed E-state index contributed by atoms with van der Waals surface area (Å²) in [6.07, 6.45) is -23.6. The predicted octanol–water partition coefficient (Wildman–Crippen LogP) is 3.23. The van der Waals surface area contributed by atoms with Gasteiger partial charge in [0.2, 0.25) is 0 Å². The van der Waals surface area contributed by atoms with E-state index < -0.39 is 47.9 Å². The summed E-state index contributed by atoms with van der Waals surface area (Å²) in [6.45, 7) is 3.36. The van der Waals surface area contributed by atoms with Gasteiger partial charge < -0.3 is 9.84 Å². The summed E-state index contributed by atoms with van der Waals surface area (Å²) in [5, 5.41) is 8.60. The van der Waals surface area contributed by atoms with Gasteiger partial charge in [-0.2, -0.15) is 35.1 Å². The van der Waals surface area contributed by atoms with Crippen molar-refractivity contribution >= 4 is 5.97 Å². The molecule has 0 radical (unpaired) electrons. The zero-order valence-corrected chi connectivity index (χ0v) is 10.9. The van der Waals surface area contributed by atoms with Gasteiger partial charge in [0.15, 0.2) is 0 Å². The first-order valence-corrected chi connectivity index (χ1v) is 5.29. The second-order valence-corrected chi connectivity index (χ2v) is 4.30. The molecule has 0 spiro atoms. The topological polar surface area (TPSA) is 46.5 Å². The van der Waals surface area contributed by atoms with Crippen molar-refractivity contribution in [1.29, 1.82) is 0 Å². The largest absolute Gasteiger partial charge is 0.443 e. The smallest absolute Gasteiger partial charge is 0.431 e. The SMILES string of the molecule is C=C(C)C(=O)OC(C(F)(F)F)C(F)(F)C(O)(C(F)F)C(F)(F)F. The first-order valence-electron chi connectivity index (χ1n) is 5.29. The van der Waals surface area contributed by atoms with Crippen LogP contribution in [0.3, 0.4) is 0 Å². The summed E-state index contributed by atoms with van der Waals surface area (Å²) >= 11 is 0. The van der Waals surface area contributed by atoms with E-state index in [-0.39, 0.29) is 0 Å². The second-order valence-electron chi connectivity index (χ2n) is 4.30. The normalized spacial score (nSPS) is 17.6. The molecule has 0 bridgehead atoms. The number of alkyl halides is 10. The summed E-state index contributed by atoms with van der Waals surface area (Å²) in [5.41, 5.74) is -7.34. The van der Waals surface area contributed by atoms with E-state index in [0.717, 1.165) is 0 Å². The monoisotopic (exact) mass is 366 g/mol. The van der Waals surface area contributed by atoms with Crippen LogP contribution in [0.2, 0.25) is 0 Å². The lowest BCUT2D eigenvalue weighted by atomic mass is 9.90. The van der Waals surface area contributed by atoms with Gasteiger partial charge in [0, 0.05) is 5.57 Å². The predicted molar refractivity (Wildman–Crippen MR) is 52.7 cm³/mol. The van der Waals surface area contributed by atoms with Gasteiger partial charge in [0.1, 0.15) is 0 Å². The minimum absolute atomic E-state index is 0.664. The van der Waals surface area contributed by atoms with Crippen LogP contribution in [0.25, 0.3) is 0 Å². The maximum Gasteiger partial charge on any atom is 0.431 e. The molecule has 3 nitrogen and oxygen atoms in total. The quantitative estimate of drug-likeness (QED) is 0.462. The third-order valence-corrected chi connectivity index (χ3v) is 2.46. The number of carbonyl (C=O) groups excluding carboxylic acids is 1. The zero-order valence-electron chi connectivity index (χ0n) is 10.9. The van der Waals surface area contributed by atoms with E-state index in [1.165, 1.54) is 0 Å². The van der Waals surface area contributed by atoms with Gasteiger partial charge in [0.25, 0.3) is 18.1 Å². The molecule has 1 N–H and O–H groups in total. The molecule has 13 heteroatoms. The van der Waals surface area contributed by atoms with Crippen LogP contribution in [0.4, 0.5) is 43.9 Å². The molecular weight excluding hydrogens is 358 g/mol. The molecule has 0 aromatic rings. The first-order chi connectivity index (χ1) is 9.90. The Morgan fingerprint density at radius 1 is 1.04 bits per heavy atom.